The van der Waals surface area contributed by atoms with Crippen molar-refractivity contribution in [2.24, 2.45) is 35.5 Å². The first kappa shape index (κ1) is 13.0. The predicted molar refractivity (Wildman–Crippen MR) is 80.3 cm³/mol. The highest BCUT2D eigenvalue weighted by Gasteiger charge is 2.67. The molecule has 1 aliphatic heterocycles. The molecule has 0 radical (unpaired) electrons. The monoisotopic (exact) mass is 310 g/mol. The summed E-state index contributed by atoms with van der Waals surface area (Å²) >= 11 is 0. The topological polar surface area (TPSA) is 80.5 Å². The van der Waals surface area contributed by atoms with Gasteiger partial charge in [-0.05, 0) is 42.2 Å². The van der Waals surface area contributed by atoms with Gasteiger partial charge in [0, 0.05) is 12.1 Å². The largest absolute Gasteiger partial charge is 0.274 e. The van der Waals surface area contributed by atoms with Gasteiger partial charge < -0.3 is 0 Å². The SMILES string of the molecule is O=C1[C@@H]2[C@H]3C=C[C@H]([C@H]4C[C@H]34)[C@@H]2C(=O)N1c1ccc([N+](=O)[O-])cc1. The number of hydrogen-bond donors (Lipinski definition) is 0. The van der Waals surface area contributed by atoms with Crippen LogP contribution in [0.1, 0.15) is 6.42 Å². The second-order valence-corrected chi connectivity index (χ2v) is 6.94. The fraction of sp³-hybridized carbons (Fsp3) is 0.412. The summed E-state index contributed by atoms with van der Waals surface area (Å²) in [5, 5.41) is 10.8. The summed E-state index contributed by atoms with van der Waals surface area (Å²) in [5.74, 6) is 0.758. The number of rotatable bonds is 2. The van der Waals surface area contributed by atoms with E-state index in [2.05, 4.69) is 12.2 Å². The third-order valence-corrected chi connectivity index (χ3v) is 5.98. The van der Waals surface area contributed by atoms with Crippen LogP contribution in [0.2, 0.25) is 0 Å². The highest BCUT2D eigenvalue weighted by Crippen LogP contribution is 2.65. The summed E-state index contributed by atoms with van der Waals surface area (Å²) in [7, 11) is 0. The third-order valence-electron chi connectivity index (χ3n) is 5.98. The predicted octanol–water partition coefficient (Wildman–Crippen LogP) is 2.15. The number of nitro groups is 1. The number of nitrogens with zero attached hydrogens (tertiary/aromatic N) is 2. The van der Waals surface area contributed by atoms with E-state index in [1.165, 1.54) is 29.2 Å². The summed E-state index contributed by atoms with van der Waals surface area (Å²) in [6.45, 7) is 0. The molecule has 1 aromatic carbocycles. The van der Waals surface area contributed by atoms with Crippen LogP contribution in [-0.4, -0.2) is 16.7 Å². The molecule has 3 fully saturated rings. The highest BCUT2D eigenvalue weighted by atomic mass is 16.6. The molecule has 6 rings (SSSR count). The fourth-order valence-corrected chi connectivity index (χ4v) is 4.93. The van der Waals surface area contributed by atoms with Crippen molar-refractivity contribution in [1.82, 2.24) is 0 Å². The second-order valence-electron chi connectivity index (χ2n) is 6.94. The minimum absolute atomic E-state index is 0.0479. The van der Waals surface area contributed by atoms with Crippen LogP contribution in [0.25, 0.3) is 0 Å². The lowest BCUT2D eigenvalue weighted by Crippen LogP contribution is -2.40. The van der Waals surface area contributed by atoms with Crippen molar-refractivity contribution in [2.75, 3.05) is 4.90 Å². The number of amides is 2. The number of imide groups is 1. The maximum absolute atomic E-state index is 12.9. The van der Waals surface area contributed by atoms with Gasteiger partial charge in [-0.1, -0.05) is 12.2 Å². The van der Waals surface area contributed by atoms with E-state index in [1.54, 1.807) is 0 Å². The summed E-state index contributed by atoms with van der Waals surface area (Å²) < 4.78 is 0. The first-order valence-electron chi connectivity index (χ1n) is 7.88. The first-order valence-corrected chi connectivity index (χ1v) is 7.88. The molecule has 0 spiro atoms. The minimum atomic E-state index is -0.491. The molecule has 5 aliphatic rings. The third kappa shape index (κ3) is 1.53. The van der Waals surface area contributed by atoms with Crippen LogP contribution >= 0.6 is 0 Å². The molecule has 0 aromatic heterocycles. The molecule has 0 N–H and O–H groups in total. The van der Waals surface area contributed by atoms with E-state index in [-0.39, 0.29) is 41.2 Å². The zero-order valence-corrected chi connectivity index (χ0v) is 12.2. The van der Waals surface area contributed by atoms with Gasteiger partial charge in [0.1, 0.15) is 0 Å². The van der Waals surface area contributed by atoms with Crippen LogP contribution in [0.15, 0.2) is 36.4 Å². The number of carbonyl (C=O) groups excluding carboxylic acids is 2. The number of nitro benzene ring substituents is 1. The maximum atomic E-state index is 12.9. The van der Waals surface area contributed by atoms with Crippen molar-refractivity contribution in [3.63, 3.8) is 0 Å². The molecule has 116 valence electrons. The van der Waals surface area contributed by atoms with E-state index in [1.807, 2.05) is 0 Å². The average molecular weight is 310 g/mol. The van der Waals surface area contributed by atoms with Crippen molar-refractivity contribution in [1.29, 1.82) is 0 Å². The van der Waals surface area contributed by atoms with Crippen LogP contribution in [0, 0.1) is 45.6 Å². The Bertz CT molecular complexity index is 748. The van der Waals surface area contributed by atoms with Gasteiger partial charge in [-0.3, -0.25) is 24.6 Å². The Balaban J connectivity index is 1.53. The molecule has 0 unspecified atom stereocenters. The number of carbonyl (C=O) groups is 2. The molecular formula is C17H14N2O4. The Morgan fingerprint density at radius 2 is 1.48 bits per heavy atom. The van der Waals surface area contributed by atoms with E-state index >= 15 is 0 Å². The molecule has 6 heteroatoms. The van der Waals surface area contributed by atoms with Crippen molar-refractivity contribution in [3.8, 4) is 0 Å². The Morgan fingerprint density at radius 3 is 1.96 bits per heavy atom. The summed E-state index contributed by atoms with van der Waals surface area (Å²) in [6.07, 6.45) is 5.39. The standard InChI is InChI=1S/C17H14N2O4/c20-16-14-10-5-6-11(13-7-12(10)13)15(14)17(21)18(16)8-1-3-9(4-2-8)19(22)23/h1-6,10-15H,7H2/t10-,11+,12-,13-,14+,15-/m1/s1. The Hall–Kier alpha value is -2.50. The van der Waals surface area contributed by atoms with Crippen molar-refractivity contribution in [2.45, 2.75) is 6.42 Å². The fourth-order valence-electron chi connectivity index (χ4n) is 4.93. The molecule has 6 nitrogen and oxygen atoms in total. The van der Waals surface area contributed by atoms with E-state index in [0.29, 0.717) is 17.5 Å². The zero-order valence-electron chi connectivity index (χ0n) is 12.2. The average Bonchev–Trinajstić information content (AvgIpc) is 3.32. The lowest BCUT2D eigenvalue weighted by atomic mass is 9.63. The Kier molecular flexibility index (Phi) is 2.30. The molecule has 1 heterocycles. The van der Waals surface area contributed by atoms with Crippen LogP contribution < -0.4 is 4.90 Å². The number of hydrogen-bond acceptors (Lipinski definition) is 4. The molecule has 2 saturated carbocycles. The molecule has 1 saturated heterocycles. The van der Waals surface area contributed by atoms with Gasteiger partial charge in [-0.15, -0.1) is 0 Å². The van der Waals surface area contributed by atoms with E-state index < -0.39 is 4.92 Å². The lowest BCUT2D eigenvalue weighted by molar-refractivity contribution is -0.384. The van der Waals surface area contributed by atoms with Crippen LogP contribution in [0.3, 0.4) is 0 Å². The van der Waals surface area contributed by atoms with E-state index in [0.717, 1.165) is 6.42 Å². The van der Waals surface area contributed by atoms with Gasteiger partial charge in [0.05, 0.1) is 22.4 Å². The first-order chi connectivity index (χ1) is 11.1. The zero-order chi connectivity index (χ0) is 15.9. The Morgan fingerprint density at radius 1 is 0.957 bits per heavy atom. The number of benzene rings is 1. The highest BCUT2D eigenvalue weighted by molar-refractivity contribution is 6.22. The number of anilines is 1. The minimum Gasteiger partial charge on any atom is -0.274 e. The number of allylic oxidation sites excluding steroid dienone is 2. The Labute approximate surface area is 131 Å². The van der Waals surface area contributed by atoms with Crippen LogP contribution in [0.4, 0.5) is 11.4 Å². The smallest absolute Gasteiger partial charge is 0.269 e. The molecule has 2 bridgehead atoms. The van der Waals surface area contributed by atoms with Gasteiger partial charge in [-0.25, -0.2) is 0 Å². The maximum Gasteiger partial charge on any atom is 0.269 e. The summed E-state index contributed by atoms with van der Waals surface area (Å²) in [4.78, 5) is 37.2. The van der Waals surface area contributed by atoms with Crippen molar-refractivity contribution in [3.05, 3.63) is 46.5 Å². The summed E-state index contributed by atoms with van der Waals surface area (Å²) in [5.41, 5.74) is 0.390. The molecular weight excluding hydrogens is 296 g/mol. The normalized spacial score (nSPS) is 39.4. The quantitative estimate of drug-likeness (QED) is 0.363. The molecule has 23 heavy (non-hydrogen) atoms. The number of non-ortho nitro benzene ring substituents is 1. The van der Waals surface area contributed by atoms with Gasteiger partial charge in [-0.2, -0.15) is 0 Å². The van der Waals surface area contributed by atoms with Gasteiger partial charge in [0.2, 0.25) is 11.8 Å². The summed E-state index contributed by atoms with van der Waals surface area (Å²) in [6, 6.07) is 5.65. The van der Waals surface area contributed by atoms with E-state index in [9.17, 15) is 19.7 Å². The van der Waals surface area contributed by atoms with Crippen molar-refractivity contribution < 1.29 is 14.5 Å². The van der Waals surface area contributed by atoms with Gasteiger partial charge in [0.15, 0.2) is 0 Å². The van der Waals surface area contributed by atoms with Gasteiger partial charge in [0.25, 0.3) is 5.69 Å². The van der Waals surface area contributed by atoms with Gasteiger partial charge >= 0.3 is 0 Å². The lowest BCUT2D eigenvalue weighted by Gasteiger charge is -2.37. The van der Waals surface area contributed by atoms with E-state index in [4.69, 9.17) is 0 Å². The van der Waals surface area contributed by atoms with Crippen LogP contribution in [0.5, 0.6) is 0 Å². The molecule has 2 amide bonds. The molecule has 4 aliphatic carbocycles. The van der Waals surface area contributed by atoms with Crippen LogP contribution in [-0.2, 0) is 9.59 Å². The van der Waals surface area contributed by atoms with Crippen molar-refractivity contribution >= 4 is 23.2 Å². The molecule has 1 aromatic rings. The second kappa shape index (κ2) is 4.07. The molecule has 6 atom stereocenters.